The second-order valence-electron chi connectivity index (χ2n) is 7.61. The van der Waals surface area contributed by atoms with Gasteiger partial charge < -0.3 is 20.5 Å². The van der Waals surface area contributed by atoms with E-state index in [2.05, 4.69) is 16.0 Å². The molecule has 0 spiro atoms. The van der Waals surface area contributed by atoms with Gasteiger partial charge in [0.15, 0.2) is 0 Å². The van der Waals surface area contributed by atoms with Gasteiger partial charge in [0.05, 0.1) is 0 Å². The number of nitrogens with zero attached hydrogens (tertiary/aromatic N) is 1. The fourth-order valence-corrected chi connectivity index (χ4v) is 3.67. The third-order valence-corrected chi connectivity index (χ3v) is 5.43. The van der Waals surface area contributed by atoms with Gasteiger partial charge in [-0.25, -0.2) is 0 Å². The number of hydrogen-bond donors (Lipinski definition) is 3. The fraction of sp³-hybridized carbons (Fsp3) is 0.409. The average Bonchev–Trinajstić information content (AvgIpc) is 2.72. The molecule has 0 radical (unpaired) electrons. The van der Waals surface area contributed by atoms with Crippen LogP contribution >= 0.6 is 12.4 Å². The zero-order valence-corrected chi connectivity index (χ0v) is 18.4. The van der Waals surface area contributed by atoms with Crippen LogP contribution in [0.3, 0.4) is 0 Å². The molecule has 2 amide bonds. The number of anilines is 1. The van der Waals surface area contributed by atoms with Crippen LogP contribution in [0.25, 0.3) is 0 Å². The van der Waals surface area contributed by atoms with Gasteiger partial charge in [0.25, 0.3) is 17.4 Å². The van der Waals surface area contributed by atoms with Crippen LogP contribution in [-0.2, 0) is 6.54 Å². The molecule has 30 heavy (non-hydrogen) atoms. The Labute approximate surface area is 182 Å². The molecule has 0 bridgehead atoms. The van der Waals surface area contributed by atoms with E-state index in [9.17, 15) is 14.4 Å². The van der Waals surface area contributed by atoms with Crippen molar-refractivity contribution < 1.29 is 9.59 Å². The minimum absolute atomic E-state index is 0. The molecule has 162 valence electrons. The average molecular weight is 433 g/mol. The van der Waals surface area contributed by atoms with E-state index in [0.717, 1.165) is 31.5 Å². The molecule has 1 saturated heterocycles. The standard InChI is InChI=1S/C22H28N4O3.ClH/c1-14-6-7-17(20(27)23-3)11-18(14)25-21(28)19-15(2)8-10-26(22(19)29)13-16-5-4-9-24-12-16;/h6-8,10-11,16,24H,4-5,9,12-13H2,1-3H3,(H,23,27)(H,25,28);1H. The number of carbonyl (C=O) groups excluding carboxylic acids is 2. The Morgan fingerprint density at radius 1 is 1.17 bits per heavy atom. The fourth-order valence-electron chi connectivity index (χ4n) is 3.67. The molecule has 1 aromatic heterocycles. The minimum atomic E-state index is -0.458. The van der Waals surface area contributed by atoms with Crippen LogP contribution in [0.2, 0.25) is 0 Å². The molecule has 0 aliphatic carbocycles. The molecule has 3 rings (SSSR count). The van der Waals surface area contributed by atoms with E-state index in [0.29, 0.717) is 29.3 Å². The van der Waals surface area contributed by atoms with Crippen molar-refractivity contribution in [3.05, 3.63) is 63.1 Å². The quantitative estimate of drug-likeness (QED) is 0.676. The van der Waals surface area contributed by atoms with Crippen LogP contribution in [0.1, 0.15) is 44.7 Å². The number of aromatic nitrogens is 1. The van der Waals surface area contributed by atoms with Gasteiger partial charge in [-0.1, -0.05) is 6.07 Å². The summed E-state index contributed by atoms with van der Waals surface area (Å²) >= 11 is 0. The lowest BCUT2D eigenvalue weighted by Crippen LogP contribution is -2.36. The summed E-state index contributed by atoms with van der Waals surface area (Å²) in [5.74, 6) is -0.313. The first-order valence-electron chi connectivity index (χ1n) is 9.95. The number of aryl methyl sites for hydroxylation is 2. The highest BCUT2D eigenvalue weighted by molar-refractivity contribution is 6.06. The first kappa shape index (κ1) is 23.6. The van der Waals surface area contributed by atoms with E-state index in [1.165, 1.54) is 0 Å². The van der Waals surface area contributed by atoms with Crippen LogP contribution in [-0.4, -0.2) is 36.5 Å². The zero-order chi connectivity index (χ0) is 21.0. The van der Waals surface area contributed by atoms with Crippen LogP contribution < -0.4 is 21.5 Å². The van der Waals surface area contributed by atoms with E-state index < -0.39 is 5.91 Å². The smallest absolute Gasteiger partial charge is 0.263 e. The molecule has 1 fully saturated rings. The predicted octanol–water partition coefficient (Wildman–Crippen LogP) is 2.50. The first-order valence-corrected chi connectivity index (χ1v) is 9.95. The Kier molecular flexibility index (Phi) is 8.20. The number of rotatable bonds is 5. The van der Waals surface area contributed by atoms with Gasteiger partial charge in [-0.2, -0.15) is 0 Å². The van der Waals surface area contributed by atoms with E-state index in [1.807, 2.05) is 6.92 Å². The summed E-state index contributed by atoms with van der Waals surface area (Å²) in [6.45, 7) is 6.10. The third kappa shape index (κ3) is 5.29. The predicted molar refractivity (Wildman–Crippen MR) is 121 cm³/mol. The van der Waals surface area contributed by atoms with Gasteiger partial charge >= 0.3 is 0 Å². The summed E-state index contributed by atoms with van der Waals surface area (Å²) < 4.78 is 1.63. The summed E-state index contributed by atoms with van der Waals surface area (Å²) in [7, 11) is 1.55. The third-order valence-electron chi connectivity index (χ3n) is 5.43. The number of pyridine rings is 1. The van der Waals surface area contributed by atoms with Crippen LogP contribution in [0.15, 0.2) is 35.3 Å². The van der Waals surface area contributed by atoms with Gasteiger partial charge in [0, 0.05) is 31.0 Å². The van der Waals surface area contributed by atoms with E-state index >= 15 is 0 Å². The second kappa shape index (κ2) is 10.4. The van der Waals surface area contributed by atoms with E-state index in [4.69, 9.17) is 0 Å². The van der Waals surface area contributed by atoms with Crippen molar-refractivity contribution in [2.45, 2.75) is 33.2 Å². The zero-order valence-electron chi connectivity index (χ0n) is 17.6. The first-order chi connectivity index (χ1) is 13.9. The van der Waals surface area contributed by atoms with Crippen LogP contribution in [0, 0.1) is 19.8 Å². The lowest BCUT2D eigenvalue weighted by molar-refractivity contribution is 0.0961. The van der Waals surface area contributed by atoms with E-state index in [1.54, 1.807) is 49.0 Å². The van der Waals surface area contributed by atoms with Crippen molar-refractivity contribution in [3.63, 3.8) is 0 Å². The SMILES string of the molecule is CNC(=O)c1ccc(C)c(NC(=O)c2c(C)ccn(CC3CCCNC3)c2=O)c1.Cl. The van der Waals surface area contributed by atoms with Crippen molar-refractivity contribution >= 4 is 29.9 Å². The molecule has 8 heteroatoms. The monoisotopic (exact) mass is 432 g/mol. The number of nitrogens with one attached hydrogen (secondary N) is 3. The molecule has 1 atom stereocenters. The normalized spacial score (nSPS) is 15.8. The maximum absolute atomic E-state index is 13.0. The number of hydrogen-bond acceptors (Lipinski definition) is 4. The lowest BCUT2D eigenvalue weighted by atomic mass is 9.99. The van der Waals surface area contributed by atoms with Crippen molar-refractivity contribution in [2.75, 3.05) is 25.5 Å². The molecular formula is C22H29ClN4O3. The summed E-state index contributed by atoms with van der Waals surface area (Å²) in [5, 5.41) is 8.74. The second-order valence-corrected chi connectivity index (χ2v) is 7.61. The maximum Gasteiger partial charge on any atom is 0.263 e. The Morgan fingerprint density at radius 3 is 2.60 bits per heavy atom. The number of carbonyl (C=O) groups is 2. The van der Waals surface area contributed by atoms with Crippen LogP contribution in [0.5, 0.6) is 0 Å². The maximum atomic E-state index is 13.0. The Morgan fingerprint density at radius 2 is 1.93 bits per heavy atom. The molecule has 1 aromatic carbocycles. The van der Waals surface area contributed by atoms with Gasteiger partial charge in [-0.3, -0.25) is 14.4 Å². The van der Waals surface area contributed by atoms with Crippen molar-refractivity contribution in [1.29, 1.82) is 0 Å². The summed E-state index contributed by atoms with van der Waals surface area (Å²) in [6.07, 6.45) is 3.93. The molecule has 3 N–H and O–H groups in total. The van der Waals surface area contributed by atoms with Crippen molar-refractivity contribution in [3.8, 4) is 0 Å². The number of benzene rings is 1. The van der Waals surface area contributed by atoms with Gasteiger partial charge in [-0.15, -0.1) is 12.4 Å². The Bertz CT molecular complexity index is 981. The van der Waals surface area contributed by atoms with Gasteiger partial charge in [0.2, 0.25) is 0 Å². The summed E-state index contributed by atoms with van der Waals surface area (Å²) in [4.78, 5) is 37.9. The largest absolute Gasteiger partial charge is 0.355 e. The van der Waals surface area contributed by atoms with Gasteiger partial charge in [-0.05, 0) is 75.0 Å². The van der Waals surface area contributed by atoms with Crippen LogP contribution in [0.4, 0.5) is 5.69 Å². The highest BCUT2D eigenvalue weighted by atomic mass is 35.5. The van der Waals surface area contributed by atoms with E-state index in [-0.39, 0.29) is 29.4 Å². The molecule has 2 aromatic rings. The summed E-state index contributed by atoms with van der Waals surface area (Å²) in [6, 6.07) is 6.89. The molecule has 1 aliphatic heterocycles. The molecule has 2 heterocycles. The topological polar surface area (TPSA) is 92.2 Å². The highest BCUT2D eigenvalue weighted by Crippen LogP contribution is 2.18. The van der Waals surface area contributed by atoms with Crippen molar-refractivity contribution in [1.82, 2.24) is 15.2 Å². The minimum Gasteiger partial charge on any atom is -0.355 e. The molecule has 1 unspecified atom stereocenters. The number of halogens is 1. The molecular weight excluding hydrogens is 404 g/mol. The number of piperidine rings is 1. The summed E-state index contributed by atoms with van der Waals surface area (Å²) in [5.41, 5.74) is 2.26. The van der Waals surface area contributed by atoms with Gasteiger partial charge in [0.1, 0.15) is 5.56 Å². The molecule has 1 aliphatic rings. The van der Waals surface area contributed by atoms with Crippen molar-refractivity contribution in [2.24, 2.45) is 5.92 Å². The Hall–Kier alpha value is -2.64. The lowest BCUT2D eigenvalue weighted by Gasteiger charge is -2.23. The highest BCUT2D eigenvalue weighted by Gasteiger charge is 2.20. The Balaban J connectivity index is 0.00000320. The molecule has 7 nitrogen and oxygen atoms in total. The molecule has 0 saturated carbocycles. The number of amides is 2.